The number of halogens is 2. The minimum absolute atomic E-state index is 0.00711. The molecule has 0 aliphatic rings. The van der Waals surface area contributed by atoms with E-state index in [1.54, 1.807) is 4.68 Å². The number of nitrogens with zero attached hydrogens (tertiary/aromatic N) is 3. The van der Waals surface area contributed by atoms with Crippen molar-refractivity contribution in [3.05, 3.63) is 38.5 Å². The summed E-state index contributed by atoms with van der Waals surface area (Å²) < 4.78 is 3.28. The van der Waals surface area contributed by atoms with Gasteiger partial charge in [-0.15, -0.1) is 5.10 Å². The van der Waals surface area contributed by atoms with Crippen LogP contribution in [0.3, 0.4) is 0 Å². The number of aromatic nitrogens is 3. The normalized spacial score (nSPS) is 10.6. The molecule has 0 saturated heterocycles. The molecule has 0 aliphatic carbocycles. The lowest BCUT2D eigenvalue weighted by Crippen LogP contribution is -2.06. The van der Waals surface area contributed by atoms with Crippen molar-refractivity contribution in [1.82, 2.24) is 15.0 Å². The van der Waals surface area contributed by atoms with Gasteiger partial charge in [0.05, 0.1) is 11.4 Å². The monoisotopic (exact) mass is 373 g/mol. The molecule has 0 saturated carbocycles. The quantitative estimate of drug-likeness (QED) is 0.896. The van der Waals surface area contributed by atoms with Crippen LogP contribution >= 0.6 is 31.9 Å². The van der Waals surface area contributed by atoms with E-state index in [0.29, 0.717) is 12.1 Å². The van der Waals surface area contributed by atoms with Crippen LogP contribution in [0.4, 0.5) is 0 Å². The summed E-state index contributed by atoms with van der Waals surface area (Å²) in [6, 6.07) is 5.58. The van der Waals surface area contributed by atoms with Gasteiger partial charge >= 0.3 is 5.97 Å². The second-order valence-corrected chi connectivity index (χ2v) is 5.32. The average Bonchev–Trinajstić information content (AvgIpc) is 2.72. The molecule has 0 atom stereocenters. The van der Waals surface area contributed by atoms with Crippen molar-refractivity contribution < 1.29 is 9.90 Å². The number of benzene rings is 1. The van der Waals surface area contributed by atoms with Crippen LogP contribution in [0, 0.1) is 0 Å². The third-order valence-electron chi connectivity index (χ3n) is 2.44. The molecule has 94 valence electrons. The van der Waals surface area contributed by atoms with Crippen molar-refractivity contribution in [3.63, 3.8) is 0 Å². The molecule has 0 amide bonds. The van der Waals surface area contributed by atoms with E-state index >= 15 is 0 Å². The fourth-order valence-corrected chi connectivity index (χ4v) is 2.85. The number of hydrogen-bond donors (Lipinski definition) is 1. The third-order valence-corrected chi connectivity index (χ3v) is 3.57. The molecule has 2 aromatic rings. The molecule has 0 spiro atoms. The van der Waals surface area contributed by atoms with E-state index in [4.69, 9.17) is 5.11 Å². The maximum absolute atomic E-state index is 11.0. The topological polar surface area (TPSA) is 68.0 Å². The molecule has 18 heavy (non-hydrogen) atoms. The molecule has 0 bridgehead atoms. The molecular weight excluding hydrogens is 366 g/mol. The Balaban J connectivity index is 2.60. The van der Waals surface area contributed by atoms with E-state index in [0.717, 1.165) is 14.6 Å². The largest absolute Gasteiger partial charge is 0.476 e. The highest BCUT2D eigenvalue weighted by atomic mass is 79.9. The molecule has 0 unspecified atom stereocenters. The van der Waals surface area contributed by atoms with E-state index < -0.39 is 5.97 Å². The molecule has 1 aromatic heterocycles. The number of carboxylic acid groups (broad SMARTS) is 1. The highest BCUT2D eigenvalue weighted by molar-refractivity contribution is 9.11. The summed E-state index contributed by atoms with van der Waals surface area (Å²) in [5.41, 5.74) is 1.33. The smallest absolute Gasteiger partial charge is 0.358 e. The Morgan fingerprint density at radius 3 is 2.72 bits per heavy atom. The van der Waals surface area contributed by atoms with Gasteiger partial charge in [0.2, 0.25) is 0 Å². The van der Waals surface area contributed by atoms with Gasteiger partial charge in [0.1, 0.15) is 0 Å². The molecular formula is C11H9Br2N3O2. The van der Waals surface area contributed by atoms with Crippen LogP contribution in [0.1, 0.15) is 23.1 Å². The summed E-state index contributed by atoms with van der Waals surface area (Å²) in [6.45, 7) is 1.87. The Morgan fingerprint density at radius 2 is 2.17 bits per heavy atom. The van der Waals surface area contributed by atoms with Crippen molar-refractivity contribution in [2.45, 2.75) is 13.3 Å². The van der Waals surface area contributed by atoms with Crippen LogP contribution in [0.5, 0.6) is 0 Å². The van der Waals surface area contributed by atoms with Gasteiger partial charge in [-0.1, -0.05) is 28.1 Å². The number of aromatic carboxylic acids is 1. The van der Waals surface area contributed by atoms with Crippen molar-refractivity contribution in [3.8, 4) is 5.69 Å². The van der Waals surface area contributed by atoms with Gasteiger partial charge in [-0.25, -0.2) is 9.48 Å². The second-order valence-electron chi connectivity index (χ2n) is 3.55. The Hall–Kier alpha value is -1.21. The minimum atomic E-state index is -1.06. The van der Waals surface area contributed by atoms with E-state index in [-0.39, 0.29) is 5.69 Å². The first-order valence-corrected chi connectivity index (χ1v) is 6.76. The standard InChI is InChI=1S/C11H9Br2N3O2/c1-2-8-10(11(17)18)14-15-16(8)9-4-3-6(12)5-7(9)13/h3-5H,2H2,1H3,(H,17,18). The van der Waals surface area contributed by atoms with Gasteiger partial charge < -0.3 is 5.11 Å². The Morgan fingerprint density at radius 1 is 1.44 bits per heavy atom. The maximum atomic E-state index is 11.0. The van der Waals surface area contributed by atoms with Crippen LogP contribution in [-0.4, -0.2) is 26.1 Å². The van der Waals surface area contributed by atoms with Crippen molar-refractivity contribution in [2.24, 2.45) is 0 Å². The number of carbonyl (C=O) groups is 1. The van der Waals surface area contributed by atoms with Gasteiger partial charge in [-0.05, 0) is 40.5 Å². The SMILES string of the molecule is CCc1c(C(=O)O)nnn1-c1ccc(Br)cc1Br. The Labute approximate surface area is 120 Å². The first-order chi connectivity index (χ1) is 8.54. The lowest BCUT2D eigenvalue weighted by Gasteiger charge is -2.07. The van der Waals surface area contributed by atoms with Crippen LogP contribution in [0.2, 0.25) is 0 Å². The van der Waals surface area contributed by atoms with Crippen molar-refractivity contribution in [1.29, 1.82) is 0 Å². The fraction of sp³-hybridized carbons (Fsp3) is 0.182. The lowest BCUT2D eigenvalue weighted by molar-refractivity contribution is 0.0689. The predicted molar refractivity (Wildman–Crippen MR) is 73.1 cm³/mol. The molecule has 0 fully saturated rings. The van der Waals surface area contributed by atoms with E-state index in [9.17, 15) is 4.79 Å². The summed E-state index contributed by atoms with van der Waals surface area (Å²) in [5, 5.41) is 16.7. The van der Waals surface area contributed by atoms with Gasteiger partial charge in [0.15, 0.2) is 5.69 Å². The second kappa shape index (κ2) is 5.19. The number of carboxylic acids is 1. The van der Waals surface area contributed by atoms with Crippen molar-refractivity contribution >= 4 is 37.8 Å². The van der Waals surface area contributed by atoms with E-state index in [2.05, 4.69) is 42.2 Å². The van der Waals surface area contributed by atoms with Gasteiger partial charge in [0.25, 0.3) is 0 Å². The number of rotatable bonds is 3. The minimum Gasteiger partial charge on any atom is -0.476 e. The summed E-state index contributed by atoms with van der Waals surface area (Å²) in [7, 11) is 0. The summed E-state index contributed by atoms with van der Waals surface area (Å²) in [5.74, 6) is -1.06. The van der Waals surface area contributed by atoms with E-state index in [1.165, 1.54) is 0 Å². The summed E-state index contributed by atoms with van der Waals surface area (Å²) in [4.78, 5) is 11.0. The van der Waals surface area contributed by atoms with Crippen LogP contribution in [0.25, 0.3) is 5.69 Å². The molecule has 1 heterocycles. The van der Waals surface area contributed by atoms with Crippen LogP contribution in [-0.2, 0) is 6.42 Å². The van der Waals surface area contributed by atoms with E-state index in [1.807, 2.05) is 25.1 Å². The number of hydrogen-bond acceptors (Lipinski definition) is 3. The van der Waals surface area contributed by atoms with Gasteiger partial charge in [0, 0.05) is 8.95 Å². The molecule has 5 nitrogen and oxygen atoms in total. The molecule has 7 heteroatoms. The summed E-state index contributed by atoms with van der Waals surface area (Å²) in [6.07, 6.45) is 0.539. The zero-order valence-electron chi connectivity index (χ0n) is 9.39. The average molecular weight is 375 g/mol. The van der Waals surface area contributed by atoms with Crippen molar-refractivity contribution in [2.75, 3.05) is 0 Å². The van der Waals surface area contributed by atoms with Crippen LogP contribution in [0.15, 0.2) is 27.1 Å². The first kappa shape index (κ1) is 13.2. The zero-order valence-corrected chi connectivity index (χ0v) is 12.6. The maximum Gasteiger partial charge on any atom is 0.358 e. The fourth-order valence-electron chi connectivity index (χ4n) is 1.63. The lowest BCUT2D eigenvalue weighted by atomic mass is 10.2. The van der Waals surface area contributed by atoms with Gasteiger partial charge in [-0.2, -0.15) is 0 Å². The van der Waals surface area contributed by atoms with Crippen LogP contribution < -0.4 is 0 Å². The highest BCUT2D eigenvalue weighted by Gasteiger charge is 2.19. The molecule has 0 aliphatic heterocycles. The molecule has 1 N–H and O–H groups in total. The summed E-state index contributed by atoms with van der Waals surface area (Å²) >= 11 is 6.79. The van der Waals surface area contributed by atoms with Gasteiger partial charge in [-0.3, -0.25) is 0 Å². The molecule has 1 aromatic carbocycles. The highest BCUT2D eigenvalue weighted by Crippen LogP contribution is 2.26. The molecule has 0 radical (unpaired) electrons. The molecule has 2 rings (SSSR count). The Bertz CT molecular complexity index is 610. The first-order valence-electron chi connectivity index (χ1n) is 5.18. The zero-order chi connectivity index (χ0) is 13.3. The predicted octanol–water partition coefficient (Wildman–Crippen LogP) is 3.05. The third kappa shape index (κ3) is 2.32. The Kier molecular flexibility index (Phi) is 3.82.